The van der Waals surface area contributed by atoms with Gasteiger partial charge in [-0.3, -0.25) is 9.59 Å². The third-order valence-electron chi connectivity index (χ3n) is 7.36. The van der Waals surface area contributed by atoms with Crippen LogP contribution in [0.2, 0.25) is 0 Å². The molecule has 3 aromatic carbocycles. The van der Waals surface area contributed by atoms with E-state index < -0.39 is 12.1 Å². The Morgan fingerprint density at radius 3 is 2.31 bits per heavy atom. The molecule has 0 spiro atoms. The van der Waals surface area contributed by atoms with E-state index in [1.165, 1.54) is 0 Å². The van der Waals surface area contributed by atoms with Gasteiger partial charge in [0.05, 0.1) is 13.7 Å². The van der Waals surface area contributed by atoms with Gasteiger partial charge >= 0.3 is 0 Å². The number of carbonyl (C=O) groups is 2. The van der Waals surface area contributed by atoms with Crippen molar-refractivity contribution in [3.63, 3.8) is 0 Å². The number of H-pyrrole nitrogens is 1. The first-order valence-electron chi connectivity index (χ1n) is 14.3. The van der Waals surface area contributed by atoms with Gasteiger partial charge in [-0.15, -0.1) is 0 Å². The zero-order chi connectivity index (χ0) is 29.1. The lowest BCUT2D eigenvalue weighted by atomic mass is 9.96. The van der Waals surface area contributed by atoms with Gasteiger partial charge in [-0.05, 0) is 73.3 Å². The number of imidazole rings is 1. The number of amides is 2. The van der Waals surface area contributed by atoms with Crippen molar-refractivity contribution in [1.29, 1.82) is 0 Å². The summed E-state index contributed by atoms with van der Waals surface area (Å²) in [6.45, 7) is 1.81. The molecule has 0 unspecified atom stereocenters. The second kappa shape index (κ2) is 14.3. The summed E-state index contributed by atoms with van der Waals surface area (Å²) >= 11 is 0. The molecule has 1 aliphatic heterocycles. The smallest absolute Gasteiger partial charge is 0.246 e. The number of unbranched alkanes of at least 4 members (excludes halogenated alkanes) is 1. The van der Waals surface area contributed by atoms with Crippen LogP contribution >= 0.6 is 0 Å². The van der Waals surface area contributed by atoms with E-state index in [1.54, 1.807) is 24.4 Å². The van der Waals surface area contributed by atoms with Crippen LogP contribution in [0.25, 0.3) is 0 Å². The molecule has 9 heteroatoms. The summed E-state index contributed by atoms with van der Waals surface area (Å²) in [5.41, 5.74) is 1.89. The molecule has 0 saturated carbocycles. The predicted molar refractivity (Wildman–Crippen MR) is 160 cm³/mol. The van der Waals surface area contributed by atoms with E-state index in [-0.39, 0.29) is 11.8 Å². The Balaban J connectivity index is 1.24. The summed E-state index contributed by atoms with van der Waals surface area (Å²) in [6.07, 6.45) is 6.22. The average molecular weight is 568 g/mol. The molecule has 1 aromatic heterocycles. The summed E-state index contributed by atoms with van der Waals surface area (Å²) in [4.78, 5) is 36.3. The number of nitrogens with one attached hydrogen (secondary N) is 3. The number of para-hydroxylation sites is 1. The Hall–Kier alpha value is -4.63. The van der Waals surface area contributed by atoms with Crippen molar-refractivity contribution < 1.29 is 19.1 Å². The van der Waals surface area contributed by atoms with Gasteiger partial charge in [-0.25, -0.2) is 4.98 Å². The third kappa shape index (κ3) is 7.76. The lowest BCUT2D eigenvalue weighted by Crippen LogP contribution is -2.63. The Kier molecular flexibility index (Phi) is 9.85. The van der Waals surface area contributed by atoms with E-state index in [0.717, 1.165) is 47.8 Å². The third-order valence-corrected chi connectivity index (χ3v) is 7.36. The van der Waals surface area contributed by atoms with Crippen molar-refractivity contribution in [3.8, 4) is 17.2 Å². The zero-order valence-electron chi connectivity index (χ0n) is 23.8. The quantitative estimate of drug-likeness (QED) is 0.192. The summed E-state index contributed by atoms with van der Waals surface area (Å²) in [5.74, 6) is 2.92. The number of piperazine rings is 1. The molecule has 3 N–H and O–H groups in total. The number of benzene rings is 3. The maximum atomic E-state index is 13.8. The first-order valence-corrected chi connectivity index (χ1v) is 14.3. The lowest BCUT2D eigenvalue weighted by Gasteiger charge is -2.39. The molecule has 2 heterocycles. The van der Waals surface area contributed by atoms with Crippen molar-refractivity contribution in [1.82, 2.24) is 25.5 Å². The van der Waals surface area contributed by atoms with E-state index in [9.17, 15) is 9.59 Å². The van der Waals surface area contributed by atoms with Crippen molar-refractivity contribution in [3.05, 3.63) is 108 Å². The van der Waals surface area contributed by atoms with Crippen LogP contribution in [0.3, 0.4) is 0 Å². The van der Waals surface area contributed by atoms with E-state index in [1.807, 2.05) is 78.9 Å². The molecule has 0 aliphatic carbocycles. The van der Waals surface area contributed by atoms with Crippen LogP contribution in [0, 0.1) is 0 Å². The number of aromatic nitrogens is 2. The van der Waals surface area contributed by atoms with Gasteiger partial charge in [0.15, 0.2) is 0 Å². The largest absolute Gasteiger partial charge is 0.497 e. The highest BCUT2D eigenvalue weighted by Gasteiger charge is 2.40. The molecule has 0 bridgehead atoms. The highest BCUT2D eigenvalue weighted by molar-refractivity contribution is 5.97. The minimum Gasteiger partial charge on any atom is -0.497 e. The normalized spacial score (nSPS) is 16.7. The van der Waals surface area contributed by atoms with Gasteiger partial charge in [0.2, 0.25) is 11.8 Å². The Bertz CT molecular complexity index is 1410. The minimum absolute atomic E-state index is 0.0732. The van der Waals surface area contributed by atoms with E-state index in [0.29, 0.717) is 31.7 Å². The Morgan fingerprint density at radius 2 is 1.60 bits per heavy atom. The molecule has 218 valence electrons. The number of carbonyl (C=O) groups excluding carboxylic acids is 2. The molecule has 1 fully saturated rings. The van der Waals surface area contributed by atoms with Crippen LogP contribution in [0.4, 0.5) is 0 Å². The fraction of sp³-hybridized carbons (Fsp3) is 0.303. The molecule has 42 heavy (non-hydrogen) atoms. The van der Waals surface area contributed by atoms with Crippen LogP contribution in [0.1, 0.15) is 36.2 Å². The van der Waals surface area contributed by atoms with Crippen LogP contribution in [-0.2, 0) is 29.1 Å². The number of rotatable bonds is 14. The number of hydrogen-bond donors (Lipinski definition) is 3. The number of ether oxygens (including phenoxy) is 2. The first kappa shape index (κ1) is 28.9. The molecule has 1 saturated heterocycles. The molecule has 1 aliphatic rings. The van der Waals surface area contributed by atoms with Gasteiger partial charge < -0.3 is 30.0 Å². The lowest BCUT2D eigenvalue weighted by molar-refractivity contribution is -0.150. The standard InChI is InChI=1S/C33H37N5O4/c1-41-26-14-10-24(11-15-26)21-29-33(40)38(23-25-12-16-28(17-13-25)42-27-7-3-2-4-8-27)30(32(39)37-29)9-5-6-18-34-22-31-35-19-20-36-31/h2-4,7-8,10-17,19-20,29-30,34H,5-6,9,18,21-23H2,1H3,(H,35,36)(H,37,39)/t29-,30-/m0/s1. The van der Waals surface area contributed by atoms with Gasteiger partial charge in [0, 0.05) is 25.4 Å². The fourth-order valence-electron chi connectivity index (χ4n) is 5.11. The monoisotopic (exact) mass is 567 g/mol. The van der Waals surface area contributed by atoms with Crippen molar-refractivity contribution in [2.75, 3.05) is 13.7 Å². The summed E-state index contributed by atoms with van der Waals surface area (Å²) in [5, 5.41) is 6.37. The second-order valence-corrected chi connectivity index (χ2v) is 10.4. The van der Waals surface area contributed by atoms with Gasteiger partial charge in [-0.1, -0.05) is 42.5 Å². The SMILES string of the molecule is COc1ccc(C[C@@H]2NC(=O)[C@H](CCCCNCc3ncc[nH]3)N(Cc3ccc(Oc4ccccc4)cc3)C2=O)cc1. The summed E-state index contributed by atoms with van der Waals surface area (Å²) < 4.78 is 11.2. The molecule has 9 nitrogen and oxygen atoms in total. The molecule has 2 atom stereocenters. The number of hydrogen-bond acceptors (Lipinski definition) is 6. The van der Waals surface area contributed by atoms with Crippen LogP contribution < -0.4 is 20.1 Å². The first-order chi connectivity index (χ1) is 20.6. The maximum Gasteiger partial charge on any atom is 0.246 e. The molecule has 4 aromatic rings. The van der Waals surface area contributed by atoms with Crippen LogP contribution in [-0.4, -0.2) is 52.4 Å². The number of methoxy groups -OCH3 is 1. The summed E-state index contributed by atoms with van der Waals surface area (Å²) in [7, 11) is 1.62. The fourth-order valence-corrected chi connectivity index (χ4v) is 5.11. The van der Waals surface area contributed by atoms with Gasteiger partial charge in [-0.2, -0.15) is 0 Å². The topological polar surface area (TPSA) is 109 Å². The van der Waals surface area contributed by atoms with Crippen LogP contribution in [0.15, 0.2) is 91.3 Å². The molecular formula is C33H37N5O4. The van der Waals surface area contributed by atoms with E-state index in [4.69, 9.17) is 9.47 Å². The molecular weight excluding hydrogens is 530 g/mol. The van der Waals surface area contributed by atoms with E-state index >= 15 is 0 Å². The van der Waals surface area contributed by atoms with Gasteiger partial charge in [0.25, 0.3) is 0 Å². The summed E-state index contributed by atoms with van der Waals surface area (Å²) in [6, 6.07) is 23.7. The molecule has 5 rings (SSSR count). The number of nitrogens with zero attached hydrogens (tertiary/aromatic N) is 2. The predicted octanol–water partition coefficient (Wildman–Crippen LogP) is 4.61. The highest BCUT2D eigenvalue weighted by Crippen LogP contribution is 2.25. The van der Waals surface area contributed by atoms with Gasteiger partial charge in [0.1, 0.15) is 35.2 Å². The average Bonchev–Trinajstić information content (AvgIpc) is 3.54. The van der Waals surface area contributed by atoms with E-state index in [2.05, 4.69) is 20.6 Å². The van der Waals surface area contributed by atoms with Crippen molar-refractivity contribution in [2.45, 2.75) is 50.9 Å². The minimum atomic E-state index is -0.627. The Labute approximate surface area is 246 Å². The molecule has 2 amide bonds. The Morgan fingerprint density at radius 1 is 0.881 bits per heavy atom. The van der Waals surface area contributed by atoms with Crippen molar-refractivity contribution >= 4 is 11.8 Å². The highest BCUT2D eigenvalue weighted by atomic mass is 16.5. The van der Waals surface area contributed by atoms with Crippen molar-refractivity contribution in [2.24, 2.45) is 0 Å². The second-order valence-electron chi connectivity index (χ2n) is 10.4. The number of aromatic amines is 1. The molecule has 0 radical (unpaired) electrons. The zero-order valence-corrected chi connectivity index (χ0v) is 23.8. The van der Waals surface area contributed by atoms with Crippen LogP contribution in [0.5, 0.6) is 17.2 Å². The maximum absolute atomic E-state index is 13.8.